The lowest BCUT2D eigenvalue weighted by Crippen LogP contribution is -2.38. The highest BCUT2D eigenvalue weighted by Crippen LogP contribution is 2.32. The van der Waals surface area contributed by atoms with Gasteiger partial charge in [-0.25, -0.2) is 8.78 Å². The Morgan fingerprint density at radius 3 is 2.48 bits per heavy atom. The van der Waals surface area contributed by atoms with Crippen LogP contribution in [-0.4, -0.2) is 42.8 Å². The second-order valence-corrected chi connectivity index (χ2v) is 7.11. The van der Waals surface area contributed by atoms with Crippen molar-refractivity contribution in [1.82, 2.24) is 10.1 Å². The van der Waals surface area contributed by atoms with E-state index in [4.69, 9.17) is 4.52 Å². The summed E-state index contributed by atoms with van der Waals surface area (Å²) in [6.45, 7) is 5.13. The first-order valence-corrected chi connectivity index (χ1v) is 9.07. The minimum Gasteiger partial charge on any atom is -0.369 e. The van der Waals surface area contributed by atoms with Gasteiger partial charge in [0.25, 0.3) is 0 Å². The lowest BCUT2D eigenvalue weighted by atomic mass is 9.95. The molecule has 0 aliphatic carbocycles. The molecule has 0 amide bonds. The van der Waals surface area contributed by atoms with E-state index >= 15 is 0 Å². The molecule has 0 spiro atoms. The maximum absolute atomic E-state index is 14.6. The summed E-state index contributed by atoms with van der Waals surface area (Å²) in [5.74, 6) is -0.949. The molecule has 4 rings (SSSR count). The van der Waals surface area contributed by atoms with Gasteiger partial charge in [-0.05, 0) is 56.8 Å². The molecule has 0 unspecified atom stereocenters. The molecule has 1 aromatic carbocycles. The van der Waals surface area contributed by atoms with E-state index in [0.717, 1.165) is 32.5 Å². The topological polar surface area (TPSA) is 32.5 Å². The normalized spacial score (nSPS) is 19.7. The average Bonchev–Trinajstić information content (AvgIpc) is 3.32. The van der Waals surface area contributed by atoms with E-state index < -0.39 is 11.6 Å². The zero-order valence-corrected chi connectivity index (χ0v) is 14.3. The van der Waals surface area contributed by atoms with Crippen LogP contribution in [0.25, 0.3) is 11.1 Å². The summed E-state index contributed by atoms with van der Waals surface area (Å²) in [6, 6.07) is 3.28. The van der Waals surface area contributed by atoms with E-state index in [1.54, 1.807) is 12.1 Å². The number of hydrogen-bond donors (Lipinski definition) is 0. The van der Waals surface area contributed by atoms with Crippen molar-refractivity contribution in [3.05, 3.63) is 36.2 Å². The first kappa shape index (κ1) is 16.5. The van der Waals surface area contributed by atoms with Crippen LogP contribution in [0.1, 0.15) is 25.7 Å². The van der Waals surface area contributed by atoms with Gasteiger partial charge < -0.3 is 14.3 Å². The van der Waals surface area contributed by atoms with E-state index in [1.165, 1.54) is 38.4 Å². The highest BCUT2D eigenvalue weighted by molar-refractivity contribution is 5.66. The van der Waals surface area contributed by atoms with Gasteiger partial charge in [-0.15, -0.1) is 0 Å². The molecule has 0 radical (unpaired) electrons. The van der Waals surface area contributed by atoms with Crippen molar-refractivity contribution in [3.8, 4) is 11.1 Å². The number of aromatic nitrogens is 1. The van der Waals surface area contributed by atoms with Crippen molar-refractivity contribution >= 4 is 5.69 Å². The molecular weight excluding hydrogens is 324 g/mol. The lowest BCUT2D eigenvalue weighted by Gasteiger charge is -2.35. The van der Waals surface area contributed by atoms with Gasteiger partial charge in [0.05, 0.1) is 11.9 Å². The average molecular weight is 347 g/mol. The number of likely N-dealkylation sites (tertiary alicyclic amines) is 1. The zero-order chi connectivity index (χ0) is 17.2. The molecule has 2 aromatic rings. The number of rotatable bonds is 4. The van der Waals surface area contributed by atoms with Gasteiger partial charge in [0.2, 0.25) is 0 Å². The number of piperidine rings is 1. The quantitative estimate of drug-likeness (QED) is 0.839. The SMILES string of the molecule is Fc1c(-c2cnoc2)ccc(N2CCC(CN3CCCC3)CC2)c1F. The van der Waals surface area contributed by atoms with Crippen molar-refractivity contribution in [1.29, 1.82) is 0 Å². The van der Waals surface area contributed by atoms with Crippen LogP contribution in [0.3, 0.4) is 0 Å². The fourth-order valence-corrected chi connectivity index (χ4v) is 4.03. The van der Waals surface area contributed by atoms with E-state index in [1.807, 2.05) is 4.90 Å². The van der Waals surface area contributed by atoms with Crippen LogP contribution in [0.4, 0.5) is 14.5 Å². The lowest BCUT2D eigenvalue weighted by molar-refractivity contribution is 0.249. The van der Waals surface area contributed by atoms with Gasteiger partial charge in [0.15, 0.2) is 11.6 Å². The highest BCUT2D eigenvalue weighted by atomic mass is 19.2. The summed E-state index contributed by atoms with van der Waals surface area (Å²) < 4.78 is 33.8. The van der Waals surface area contributed by atoms with Gasteiger partial charge in [-0.3, -0.25) is 0 Å². The molecule has 2 saturated heterocycles. The zero-order valence-electron chi connectivity index (χ0n) is 14.3. The Labute approximate surface area is 146 Å². The molecule has 2 fully saturated rings. The molecule has 25 heavy (non-hydrogen) atoms. The van der Waals surface area contributed by atoms with Gasteiger partial charge in [-0.1, -0.05) is 5.16 Å². The molecule has 3 heterocycles. The predicted molar refractivity (Wildman–Crippen MR) is 92.5 cm³/mol. The molecule has 2 aliphatic rings. The number of halogens is 2. The van der Waals surface area contributed by atoms with Crippen molar-refractivity contribution in [2.24, 2.45) is 5.92 Å². The van der Waals surface area contributed by atoms with Gasteiger partial charge >= 0.3 is 0 Å². The van der Waals surface area contributed by atoms with E-state index in [2.05, 4.69) is 10.1 Å². The first-order valence-electron chi connectivity index (χ1n) is 9.07. The Morgan fingerprint density at radius 1 is 1.04 bits per heavy atom. The van der Waals surface area contributed by atoms with Crippen LogP contribution in [0, 0.1) is 17.6 Å². The van der Waals surface area contributed by atoms with Crippen molar-refractivity contribution in [2.45, 2.75) is 25.7 Å². The molecule has 0 saturated carbocycles. The van der Waals surface area contributed by atoms with E-state index in [0.29, 0.717) is 17.2 Å². The fourth-order valence-electron chi connectivity index (χ4n) is 4.03. The second kappa shape index (κ2) is 7.12. The summed E-state index contributed by atoms with van der Waals surface area (Å²) >= 11 is 0. The molecule has 0 atom stereocenters. The van der Waals surface area contributed by atoms with Crippen molar-refractivity contribution in [2.75, 3.05) is 37.6 Å². The van der Waals surface area contributed by atoms with Crippen LogP contribution in [0.2, 0.25) is 0 Å². The summed E-state index contributed by atoms with van der Waals surface area (Å²) in [4.78, 5) is 4.50. The summed E-state index contributed by atoms with van der Waals surface area (Å²) in [6.07, 6.45) is 7.39. The van der Waals surface area contributed by atoms with Crippen LogP contribution >= 0.6 is 0 Å². The molecule has 6 heteroatoms. The van der Waals surface area contributed by atoms with Gasteiger partial charge in [0, 0.05) is 30.8 Å². The molecule has 1 aromatic heterocycles. The first-order chi connectivity index (χ1) is 12.2. The summed E-state index contributed by atoms with van der Waals surface area (Å²) in [5, 5.41) is 3.55. The largest absolute Gasteiger partial charge is 0.369 e. The van der Waals surface area contributed by atoms with Gasteiger partial charge in [-0.2, -0.15) is 0 Å². The standard InChI is InChI=1S/C19H23F2N3O/c20-18-16(15-11-22-25-13-15)3-4-17(19(18)21)24-9-5-14(6-10-24)12-23-7-1-2-8-23/h3-4,11,13-14H,1-2,5-10,12H2. The smallest absolute Gasteiger partial charge is 0.182 e. The molecule has 0 N–H and O–H groups in total. The number of benzene rings is 1. The summed E-state index contributed by atoms with van der Waals surface area (Å²) in [5.41, 5.74) is 0.996. The Hall–Kier alpha value is -1.95. The van der Waals surface area contributed by atoms with Crippen LogP contribution < -0.4 is 4.90 Å². The van der Waals surface area contributed by atoms with E-state index in [9.17, 15) is 8.78 Å². The third kappa shape index (κ3) is 3.40. The minimum atomic E-state index is -0.833. The van der Waals surface area contributed by atoms with Crippen LogP contribution in [0.5, 0.6) is 0 Å². The maximum atomic E-state index is 14.6. The maximum Gasteiger partial charge on any atom is 0.182 e. The monoisotopic (exact) mass is 347 g/mol. The van der Waals surface area contributed by atoms with Gasteiger partial charge in [0.1, 0.15) is 6.26 Å². The van der Waals surface area contributed by atoms with Crippen LogP contribution in [-0.2, 0) is 0 Å². The number of anilines is 1. The molecule has 2 aliphatic heterocycles. The Balaban J connectivity index is 1.43. The fraction of sp³-hybridized carbons (Fsp3) is 0.526. The minimum absolute atomic E-state index is 0.186. The molecule has 134 valence electrons. The second-order valence-electron chi connectivity index (χ2n) is 7.11. The number of nitrogens with zero attached hydrogens (tertiary/aromatic N) is 3. The molecular formula is C19H23F2N3O. The Kier molecular flexibility index (Phi) is 4.70. The third-order valence-electron chi connectivity index (χ3n) is 5.48. The molecule has 0 bridgehead atoms. The van der Waals surface area contributed by atoms with Crippen molar-refractivity contribution in [3.63, 3.8) is 0 Å². The van der Waals surface area contributed by atoms with Crippen LogP contribution in [0.15, 0.2) is 29.1 Å². The third-order valence-corrected chi connectivity index (χ3v) is 5.48. The Morgan fingerprint density at radius 2 is 1.80 bits per heavy atom. The van der Waals surface area contributed by atoms with E-state index in [-0.39, 0.29) is 5.56 Å². The molecule has 4 nitrogen and oxygen atoms in total. The predicted octanol–water partition coefficient (Wildman–Crippen LogP) is 3.93. The summed E-state index contributed by atoms with van der Waals surface area (Å²) in [7, 11) is 0. The van der Waals surface area contributed by atoms with Crippen molar-refractivity contribution < 1.29 is 13.3 Å². The Bertz CT molecular complexity index is 706. The number of hydrogen-bond acceptors (Lipinski definition) is 4. The highest BCUT2D eigenvalue weighted by Gasteiger charge is 2.26.